The molecule has 3 heterocycles. The third kappa shape index (κ3) is 3.05. The van der Waals surface area contributed by atoms with Crippen molar-refractivity contribution in [1.82, 2.24) is 14.5 Å². The lowest BCUT2D eigenvalue weighted by atomic mass is 10.0. The summed E-state index contributed by atoms with van der Waals surface area (Å²) in [4.78, 5) is 33.2. The first-order valence-corrected chi connectivity index (χ1v) is 10.7. The lowest BCUT2D eigenvalue weighted by Crippen LogP contribution is -2.37. The van der Waals surface area contributed by atoms with Crippen molar-refractivity contribution < 1.29 is 4.79 Å². The van der Waals surface area contributed by atoms with Crippen LogP contribution in [0.4, 0.5) is 0 Å². The molecule has 2 aliphatic rings. The Balaban J connectivity index is 1.57. The smallest absolute Gasteiger partial charge is 0.268 e. The Kier molecular flexibility index (Phi) is 4.74. The van der Waals surface area contributed by atoms with Crippen LogP contribution in [0.25, 0.3) is 5.69 Å². The molecule has 5 rings (SSSR count). The standard InChI is InChI=1S/C25H25N3O2/c1-17-12-15-28(22-10-3-7-18-6-2-9-20(18)22)25(30)23(17)24(29)27-14-5-11-21(27)19-8-4-13-26-16-19/h3-4,7-8,10,12-13,15-16,21H,2,5-6,9,11,14H2,1H3. The Labute approximate surface area is 176 Å². The molecule has 152 valence electrons. The SMILES string of the molecule is Cc1ccn(-c2cccc3c2CCC3)c(=O)c1C(=O)N1CCCC1c1cccnc1. The van der Waals surface area contributed by atoms with Gasteiger partial charge in [0.2, 0.25) is 0 Å². The molecular weight excluding hydrogens is 374 g/mol. The number of benzene rings is 1. The molecule has 1 aliphatic heterocycles. The molecule has 0 radical (unpaired) electrons. The maximum atomic E-state index is 13.6. The van der Waals surface area contributed by atoms with Gasteiger partial charge in [-0.3, -0.25) is 19.1 Å². The van der Waals surface area contributed by atoms with Crippen LogP contribution in [0.2, 0.25) is 0 Å². The first-order valence-electron chi connectivity index (χ1n) is 10.7. The van der Waals surface area contributed by atoms with Crippen LogP contribution >= 0.6 is 0 Å². The zero-order valence-corrected chi connectivity index (χ0v) is 17.2. The van der Waals surface area contributed by atoms with E-state index in [2.05, 4.69) is 11.1 Å². The second-order valence-electron chi connectivity index (χ2n) is 8.26. The molecule has 30 heavy (non-hydrogen) atoms. The number of carbonyl (C=O) groups excluding carboxylic acids is 1. The average molecular weight is 399 g/mol. The molecule has 0 N–H and O–H groups in total. The highest BCUT2D eigenvalue weighted by molar-refractivity contribution is 5.95. The van der Waals surface area contributed by atoms with E-state index >= 15 is 0 Å². The second kappa shape index (κ2) is 7.56. The van der Waals surface area contributed by atoms with Gasteiger partial charge in [0, 0.05) is 25.1 Å². The average Bonchev–Trinajstić information content (AvgIpc) is 3.44. The fourth-order valence-corrected chi connectivity index (χ4v) is 4.97. The van der Waals surface area contributed by atoms with Gasteiger partial charge in [0.05, 0.1) is 11.7 Å². The molecule has 5 heteroatoms. The quantitative estimate of drug-likeness (QED) is 0.669. The molecule has 1 aliphatic carbocycles. The number of rotatable bonds is 3. The van der Waals surface area contributed by atoms with E-state index in [1.165, 1.54) is 11.1 Å². The second-order valence-corrected chi connectivity index (χ2v) is 8.26. The van der Waals surface area contributed by atoms with Gasteiger partial charge in [0.15, 0.2) is 0 Å². The number of likely N-dealkylation sites (tertiary alicyclic amines) is 1. The largest absolute Gasteiger partial charge is 0.331 e. The number of fused-ring (bicyclic) bond motifs is 1. The number of aryl methyl sites for hydroxylation is 2. The molecule has 1 atom stereocenters. The van der Waals surface area contributed by atoms with Gasteiger partial charge < -0.3 is 4.90 Å². The van der Waals surface area contributed by atoms with Crippen molar-refractivity contribution in [2.75, 3.05) is 6.54 Å². The van der Waals surface area contributed by atoms with Gasteiger partial charge in [0.25, 0.3) is 11.5 Å². The maximum Gasteiger partial charge on any atom is 0.268 e. The molecule has 0 bridgehead atoms. The Hall–Kier alpha value is -3.21. The van der Waals surface area contributed by atoms with Gasteiger partial charge in [-0.25, -0.2) is 0 Å². The zero-order chi connectivity index (χ0) is 20.7. The minimum absolute atomic E-state index is 0.0281. The van der Waals surface area contributed by atoms with E-state index in [1.807, 2.05) is 54.5 Å². The number of pyridine rings is 2. The summed E-state index contributed by atoms with van der Waals surface area (Å²) in [6.07, 6.45) is 10.3. The predicted molar refractivity (Wildman–Crippen MR) is 116 cm³/mol. The van der Waals surface area contributed by atoms with Gasteiger partial charge in [-0.05, 0) is 79.5 Å². The lowest BCUT2D eigenvalue weighted by molar-refractivity contribution is 0.0732. The summed E-state index contributed by atoms with van der Waals surface area (Å²) < 4.78 is 1.67. The van der Waals surface area contributed by atoms with Crippen LogP contribution in [0.15, 0.2) is 59.8 Å². The minimum atomic E-state index is -0.225. The molecule has 1 unspecified atom stereocenters. The highest BCUT2D eigenvalue weighted by atomic mass is 16.2. The van der Waals surface area contributed by atoms with Crippen LogP contribution in [-0.4, -0.2) is 26.9 Å². The molecule has 0 saturated carbocycles. The Morgan fingerprint density at radius 3 is 2.83 bits per heavy atom. The van der Waals surface area contributed by atoms with E-state index in [4.69, 9.17) is 0 Å². The Morgan fingerprint density at radius 2 is 2.00 bits per heavy atom. The molecule has 1 aromatic carbocycles. The third-order valence-electron chi connectivity index (χ3n) is 6.48. The Bertz CT molecular complexity index is 1170. The maximum absolute atomic E-state index is 13.6. The zero-order valence-electron chi connectivity index (χ0n) is 17.2. The monoisotopic (exact) mass is 399 g/mol. The molecule has 1 fully saturated rings. The number of hydrogen-bond acceptors (Lipinski definition) is 3. The van der Waals surface area contributed by atoms with E-state index in [0.29, 0.717) is 6.54 Å². The number of nitrogens with zero attached hydrogens (tertiary/aromatic N) is 3. The molecular formula is C25H25N3O2. The van der Waals surface area contributed by atoms with Crippen LogP contribution in [0.3, 0.4) is 0 Å². The summed E-state index contributed by atoms with van der Waals surface area (Å²) in [6, 6.07) is 11.9. The summed E-state index contributed by atoms with van der Waals surface area (Å²) in [6.45, 7) is 2.51. The summed E-state index contributed by atoms with van der Waals surface area (Å²) in [5, 5.41) is 0. The van der Waals surface area contributed by atoms with E-state index in [-0.39, 0.29) is 23.1 Å². The van der Waals surface area contributed by atoms with Crippen molar-refractivity contribution in [3.8, 4) is 5.69 Å². The van der Waals surface area contributed by atoms with Crippen LogP contribution < -0.4 is 5.56 Å². The normalized spacial score (nSPS) is 17.9. The first kappa shape index (κ1) is 18.8. The third-order valence-corrected chi connectivity index (χ3v) is 6.48. The lowest BCUT2D eigenvalue weighted by Gasteiger charge is -2.25. The van der Waals surface area contributed by atoms with Crippen molar-refractivity contribution in [2.45, 2.75) is 45.1 Å². The summed E-state index contributed by atoms with van der Waals surface area (Å²) in [7, 11) is 0. The van der Waals surface area contributed by atoms with Gasteiger partial charge in [-0.15, -0.1) is 0 Å². The van der Waals surface area contributed by atoms with E-state index in [0.717, 1.165) is 48.9 Å². The van der Waals surface area contributed by atoms with E-state index in [1.54, 1.807) is 10.8 Å². The molecule has 2 aromatic heterocycles. The number of amides is 1. The molecule has 1 amide bonds. The molecule has 1 saturated heterocycles. The first-order chi connectivity index (χ1) is 14.6. The van der Waals surface area contributed by atoms with Gasteiger partial charge >= 0.3 is 0 Å². The Morgan fingerprint density at radius 1 is 1.10 bits per heavy atom. The van der Waals surface area contributed by atoms with Crippen molar-refractivity contribution in [2.24, 2.45) is 0 Å². The van der Waals surface area contributed by atoms with Crippen LogP contribution in [0.5, 0.6) is 0 Å². The van der Waals surface area contributed by atoms with Crippen LogP contribution in [-0.2, 0) is 12.8 Å². The van der Waals surface area contributed by atoms with Crippen molar-refractivity contribution in [3.63, 3.8) is 0 Å². The predicted octanol–water partition coefficient (Wildman–Crippen LogP) is 4.01. The summed E-state index contributed by atoms with van der Waals surface area (Å²) in [5.74, 6) is -0.175. The molecule has 0 spiro atoms. The van der Waals surface area contributed by atoms with Gasteiger partial charge in [-0.2, -0.15) is 0 Å². The number of hydrogen-bond donors (Lipinski definition) is 0. The molecule has 5 nitrogen and oxygen atoms in total. The fraction of sp³-hybridized carbons (Fsp3) is 0.320. The van der Waals surface area contributed by atoms with Crippen LogP contribution in [0.1, 0.15) is 57.9 Å². The number of aromatic nitrogens is 2. The summed E-state index contributed by atoms with van der Waals surface area (Å²) >= 11 is 0. The number of carbonyl (C=O) groups is 1. The van der Waals surface area contributed by atoms with Crippen molar-refractivity contribution in [1.29, 1.82) is 0 Å². The minimum Gasteiger partial charge on any atom is -0.331 e. The molecule has 3 aromatic rings. The topological polar surface area (TPSA) is 55.2 Å². The fourth-order valence-electron chi connectivity index (χ4n) is 4.97. The van der Waals surface area contributed by atoms with E-state index in [9.17, 15) is 9.59 Å². The van der Waals surface area contributed by atoms with Crippen molar-refractivity contribution in [3.05, 3.63) is 93.2 Å². The van der Waals surface area contributed by atoms with Gasteiger partial charge in [-0.1, -0.05) is 18.2 Å². The van der Waals surface area contributed by atoms with E-state index < -0.39 is 0 Å². The van der Waals surface area contributed by atoms with Crippen molar-refractivity contribution >= 4 is 5.91 Å². The van der Waals surface area contributed by atoms with Gasteiger partial charge in [0.1, 0.15) is 5.56 Å². The highest BCUT2D eigenvalue weighted by Gasteiger charge is 2.33. The highest BCUT2D eigenvalue weighted by Crippen LogP contribution is 2.33. The summed E-state index contributed by atoms with van der Waals surface area (Å²) in [5.41, 5.74) is 5.26. The van der Waals surface area contributed by atoms with Crippen LogP contribution in [0, 0.1) is 6.92 Å².